The Labute approximate surface area is 159 Å². The molecule has 2 atom stereocenters. The molecule has 0 fully saturated rings. The molecule has 4 rings (SSSR count). The molecule has 0 spiro atoms. The lowest BCUT2D eigenvalue weighted by Crippen LogP contribution is -2.20. The number of fused-ring (bicyclic) bond motifs is 1. The predicted octanol–water partition coefficient (Wildman–Crippen LogP) is 4.83. The van der Waals surface area contributed by atoms with Crippen LogP contribution in [0.15, 0.2) is 72.8 Å². The second-order valence-electron chi connectivity index (χ2n) is 6.96. The summed E-state index contributed by atoms with van der Waals surface area (Å²) in [5, 5.41) is 9.90. The van der Waals surface area contributed by atoms with E-state index in [1.807, 2.05) is 24.3 Å². The molecule has 0 aliphatic heterocycles. The highest BCUT2D eigenvalue weighted by atomic mass is 16.5. The smallest absolute Gasteiger partial charge is 0.157 e. The molecule has 0 heterocycles. The zero-order valence-electron chi connectivity index (χ0n) is 15.0. The summed E-state index contributed by atoms with van der Waals surface area (Å²) in [4.78, 5) is 10.5. The summed E-state index contributed by atoms with van der Waals surface area (Å²) in [5.41, 5.74) is 5.04. The average molecular weight is 358 g/mol. The molecule has 0 bridgehead atoms. The summed E-state index contributed by atoms with van der Waals surface area (Å²) >= 11 is 0. The lowest BCUT2D eigenvalue weighted by Gasteiger charge is -2.34. The van der Waals surface area contributed by atoms with Crippen molar-refractivity contribution in [2.75, 3.05) is 6.61 Å². The van der Waals surface area contributed by atoms with Crippen molar-refractivity contribution in [3.63, 3.8) is 0 Å². The summed E-state index contributed by atoms with van der Waals surface area (Å²) in [6.45, 7) is 0.0670. The van der Waals surface area contributed by atoms with E-state index in [-0.39, 0.29) is 12.5 Å². The molecule has 3 aromatic carbocycles. The summed E-state index contributed by atoms with van der Waals surface area (Å²) in [6, 6.07) is 24.4. The third-order valence-electron chi connectivity index (χ3n) is 5.37. The largest absolute Gasteiger partial charge is 0.508 e. The first kappa shape index (κ1) is 17.3. The topological polar surface area (TPSA) is 46.5 Å². The first-order valence-corrected chi connectivity index (χ1v) is 9.29. The predicted molar refractivity (Wildman–Crippen MR) is 105 cm³/mol. The summed E-state index contributed by atoms with van der Waals surface area (Å²) in [7, 11) is 0. The van der Waals surface area contributed by atoms with E-state index in [0.29, 0.717) is 17.4 Å². The lowest BCUT2D eigenvalue weighted by atomic mass is 9.69. The van der Waals surface area contributed by atoms with Gasteiger partial charge >= 0.3 is 0 Å². The Morgan fingerprint density at radius 2 is 1.74 bits per heavy atom. The average Bonchev–Trinajstić information content (AvgIpc) is 2.72. The van der Waals surface area contributed by atoms with Crippen LogP contribution in [0.1, 0.15) is 40.5 Å². The first-order valence-electron chi connectivity index (χ1n) is 9.29. The third-order valence-corrected chi connectivity index (χ3v) is 5.37. The fourth-order valence-corrected chi connectivity index (χ4v) is 4.18. The maximum absolute atomic E-state index is 10.5. The Morgan fingerprint density at radius 1 is 0.963 bits per heavy atom. The molecule has 1 aliphatic rings. The normalized spacial score (nSPS) is 18.5. The monoisotopic (exact) mass is 358 g/mol. The minimum atomic E-state index is 0.0670. The maximum atomic E-state index is 10.5. The minimum Gasteiger partial charge on any atom is -0.508 e. The summed E-state index contributed by atoms with van der Waals surface area (Å²) < 4.78 is 5.39. The number of hydrogen-bond acceptors (Lipinski definition) is 3. The van der Waals surface area contributed by atoms with Gasteiger partial charge in [-0.1, -0.05) is 48.5 Å². The van der Waals surface area contributed by atoms with Gasteiger partial charge in [0, 0.05) is 5.92 Å². The van der Waals surface area contributed by atoms with Gasteiger partial charge in [0.1, 0.15) is 18.1 Å². The van der Waals surface area contributed by atoms with Crippen molar-refractivity contribution < 1.29 is 14.6 Å². The van der Waals surface area contributed by atoms with Crippen LogP contribution in [0.4, 0.5) is 0 Å². The Balaban J connectivity index is 1.75. The molecule has 1 N–H and O–H groups in total. The van der Waals surface area contributed by atoms with E-state index in [1.165, 1.54) is 22.3 Å². The molecular formula is C24H22O3. The number of carbonyl (C=O) groups is 1. The van der Waals surface area contributed by atoms with Crippen molar-refractivity contribution >= 4 is 6.29 Å². The quantitative estimate of drug-likeness (QED) is 0.665. The second-order valence-corrected chi connectivity index (χ2v) is 6.96. The Kier molecular flexibility index (Phi) is 4.93. The van der Waals surface area contributed by atoms with Crippen LogP contribution in [-0.2, 0) is 11.2 Å². The Hall–Kier alpha value is -3.07. The number of aldehydes is 1. The van der Waals surface area contributed by atoms with E-state index in [0.717, 1.165) is 19.1 Å². The van der Waals surface area contributed by atoms with Crippen LogP contribution in [0.5, 0.6) is 11.5 Å². The highest BCUT2D eigenvalue weighted by molar-refractivity contribution is 5.52. The number of rotatable bonds is 5. The van der Waals surface area contributed by atoms with Crippen LogP contribution in [0, 0.1) is 0 Å². The molecule has 3 nitrogen and oxygen atoms in total. The number of carbonyl (C=O) groups excluding carboxylic acids is 1. The molecule has 0 saturated heterocycles. The number of hydrogen-bond donors (Lipinski definition) is 1. The van der Waals surface area contributed by atoms with E-state index in [9.17, 15) is 9.90 Å². The number of benzene rings is 3. The zero-order chi connectivity index (χ0) is 18.6. The number of ether oxygens (including phenoxy) is 1. The van der Waals surface area contributed by atoms with Crippen molar-refractivity contribution in [2.45, 2.75) is 24.7 Å². The van der Waals surface area contributed by atoms with E-state index in [4.69, 9.17) is 4.74 Å². The van der Waals surface area contributed by atoms with Gasteiger partial charge in [0.2, 0.25) is 0 Å². The van der Waals surface area contributed by atoms with Crippen LogP contribution >= 0.6 is 0 Å². The molecule has 3 aromatic rings. The highest BCUT2D eigenvalue weighted by Gasteiger charge is 2.32. The van der Waals surface area contributed by atoms with Gasteiger partial charge in [0.15, 0.2) is 6.29 Å². The molecule has 136 valence electrons. The Morgan fingerprint density at radius 3 is 2.48 bits per heavy atom. The van der Waals surface area contributed by atoms with Gasteiger partial charge in [-0.25, -0.2) is 0 Å². The number of phenols is 1. The molecule has 0 unspecified atom stereocenters. The van der Waals surface area contributed by atoms with Crippen molar-refractivity contribution in [3.05, 3.63) is 95.1 Å². The van der Waals surface area contributed by atoms with E-state index in [1.54, 1.807) is 6.07 Å². The lowest BCUT2D eigenvalue weighted by molar-refractivity contribution is -0.109. The van der Waals surface area contributed by atoms with Crippen LogP contribution in [0.3, 0.4) is 0 Å². The minimum absolute atomic E-state index is 0.0670. The third kappa shape index (κ3) is 3.59. The van der Waals surface area contributed by atoms with Crippen molar-refractivity contribution in [2.24, 2.45) is 0 Å². The van der Waals surface area contributed by atoms with E-state index >= 15 is 0 Å². The molecule has 0 aromatic heterocycles. The fourth-order valence-electron chi connectivity index (χ4n) is 4.18. The zero-order valence-corrected chi connectivity index (χ0v) is 15.0. The molecule has 1 aliphatic carbocycles. The second kappa shape index (κ2) is 7.67. The highest BCUT2D eigenvalue weighted by Crippen LogP contribution is 2.47. The molecular weight excluding hydrogens is 336 g/mol. The van der Waals surface area contributed by atoms with Gasteiger partial charge in [-0.15, -0.1) is 0 Å². The van der Waals surface area contributed by atoms with Crippen LogP contribution < -0.4 is 4.74 Å². The van der Waals surface area contributed by atoms with Crippen molar-refractivity contribution in [3.8, 4) is 11.5 Å². The molecule has 27 heavy (non-hydrogen) atoms. The van der Waals surface area contributed by atoms with Crippen molar-refractivity contribution in [1.29, 1.82) is 0 Å². The van der Waals surface area contributed by atoms with Gasteiger partial charge < -0.3 is 9.84 Å². The first-order chi connectivity index (χ1) is 13.3. The summed E-state index contributed by atoms with van der Waals surface area (Å²) in [6.07, 6.45) is 2.75. The van der Waals surface area contributed by atoms with Gasteiger partial charge in [0.25, 0.3) is 0 Å². The Bertz CT molecular complexity index is 916. The molecule has 0 amide bonds. The van der Waals surface area contributed by atoms with Gasteiger partial charge in [-0.3, -0.25) is 4.79 Å². The van der Waals surface area contributed by atoms with E-state index < -0.39 is 0 Å². The van der Waals surface area contributed by atoms with Crippen LogP contribution in [0.25, 0.3) is 0 Å². The maximum Gasteiger partial charge on any atom is 0.157 e. The van der Waals surface area contributed by atoms with Gasteiger partial charge in [-0.05, 0) is 65.3 Å². The standard InChI is InChI=1S/C24H22O3/c25-14-15-27-21-10-6-18(7-11-21)24-22(17-4-2-1-3-5-17)12-8-19-16-20(26)9-13-23(19)24/h1-7,9-11,13-14,16,22,24,26H,8,12,15H2/t22-,24+/m0/s1. The fraction of sp³-hybridized carbons (Fsp3) is 0.208. The SMILES string of the molecule is O=CCOc1ccc([C@H]2c3ccc(O)cc3CC[C@H]2c2ccccc2)cc1. The van der Waals surface area contributed by atoms with E-state index in [2.05, 4.69) is 42.5 Å². The summed E-state index contributed by atoms with van der Waals surface area (Å²) in [5.74, 6) is 1.62. The molecule has 0 saturated carbocycles. The number of phenolic OH excluding ortho intramolecular Hbond substituents is 1. The molecule has 3 heteroatoms. The number of aromatic hydroxyl groups is 1. The molecule has 0 radical (unpaired) electrons. The van der Waals surface area contributed by atoms with Gasteiger partial charge in [-0.2, -0.15) is 0 Å². The van der Waals surface area contributed by atoms with Crippen molar-refractivity contribution in [1.82, 2.24) is 0 Å². The van der Waals surface area contributed by atoms with Crippen LogP contribution in [-0.4, -0.2) is 18.0 Å². The number of aryl methyl sites for hydroxylation is 1. The van der Waals surface area contributed by atoms with Gasteiger partial charge in [0.05, 0.1) is 0 Å². The van der Waals surface area contributed by atoms with Crippen LogP contribution in [0.2, 0.25) is 0 Å².